The van der Waals surface area contributed by atoms with Gasteiger partial charge in [0.05, 0.1) is 11.6 Å². The van der Waals surface area contributed by atoms with Crippen molar-refractivity contribution in [1.29, 1.82) is 0 Å². The lowest BCUT2D eigenvalue weighted by Crippen LogP contribution is -1.95. The summed E-state index contributed by atoms with van der Waals surface area (Å²) in [6.45, 7) is 2.47. The maximum atomic E-state index is 9.77. The molecule has 58 valence electrons. The molecule has 11 heavy (non-hydrogen) atoms. The maximum absolute atomic E-state index is 9.77. The molecule has 1 unspecified atom stereocenters. The monoisotopic (exact) mass is 168 g/mol. The zero-order chi connectivity index (χ0) is 8.10. The molecule has 0 bridgehead atoms. The van der Waals surface area contributed by atoms with E-state index in [0.29, 0.717) is 6.54 Å². The Labute approximate surface area is 68.8 Å². The Balaban J connectivity index is 2.55. The highest BCUT2D eigenvalue weighted by Gasteiger charge is 2.05. The summed E-state index contributed by atoms with van der Waals surface area (Å²) in [7, 11) is 0. The highest BCUT2D eigenvalue weighted by atomic mass is 32.1. The van der Waals surface area contributed by atoms with Crippen LogP contribution in [0.1, 0.15) is 17.8 Å². The summed E-state index contributed by atoms with van der Waals surface area (Å²) in [5, 5.41) is 2.93. The van der Waals surface area contributed by atoms with Gasteiger partial charge in [-0.25, -0.2) is 14.8 Å². The van der Waals surface area contributed by atoms with E-state index in [1.54, 1.807) is 17.5 Å². The van der Waals surface area contributed by atoms with Crippen LogP contribution in [0.3, 0.4) is 0 Å². The molecule has 1 rings (SSSR count). The van der Waals surface area contributed by atoms with Gasteiger partial charge in [-0.2, -0.15) is 0 Å². The van der Waals surface area contributed by atoms with E-state index in [2.05, 4.69) is 9.98 Å². The fourth-order valence-electron chi connectivity index (χ4n) is 0.730. The standard InChI is InChI=1S/C7H8N2OS/c1-6(4-8-5-10)7-9-2-3-11-7/h2-3,6H,4H2,1H3. The highest BCUT2D eigenvalue weighted by molar-refractivity contribution is 7.09. The summed E-state index contributed by atoms with van der Waals surface area (Å²) in [4.78, 5) is 17.4. The van der Waals surface area contributed by atoms with Gasteiger partial charge in [-0.05, 0) is 0 Å². The van der Waals surface area contributed by atoms with Gasteiger partial charge in [-0.3, -0.25) is 0 Å². The highest BCUT2D eigenvalue weighted by Crippen LogP contribution is 2.16. The van der Waals surface area contributed by atoms with Crippen molar-refractivity contribution in [3.05, 3.63) is 16.6 Å². The van der Waals surface area contributed by atoms with Crippen LogP contribution in [0.5, 0.6) is 0 Å². The van der Waals surface area contributed by atoms with Crippen LogP contribution in [-0.4, -0.2) is 17.6 Å². The first-order chi connectivity index (χ1) is 5.34. The fraction of sp³-hybridized carbons (Fsp3) is 0.429. The first-order valence-corrected chi connectivity index (χ1v) is 4.15. The molecule has 1 aromatic rings. The minimum Gasteiger partial charge on any atom is -0.249 e. The largest absolute Gasteiger partial charge is 0.249 e. The molecule has 0 spiro atoms. The van der Waals surface area contributed by atoms with Crippen LogP contribution in [0.15, 0.2) is 16.6 Å². The second kappa shape index (κ2) is 4.01. The molecule has 1 atom stereocenters. The van der Waals surface area contributed by atoms with Crippen molar-refractivity contribution in [2.24, 2.45) is 4.99 Å². The fourth-order valence-corrected chi connectivity index (χ4v) is 1.42. The van der Waals surface area contributed by atoms with Gasteiger partial charge in [-0.1, -0.05) is 6.92 Å². The summed E-state index contributed by atoms with van der Waals surface area (Å²) < 4.78 is 0. The number of thiazole rings is 1. The molecule has 0 fully saturated rings. The van der Waals surface area contributed by atoms with Crippen LogP contribution >= 0.6 is 11.3 Å². The predicted molar refractivity (Wildman–Crippen MR) is 43.5 cm³/mol. The number of hydrogen-bond donors (Lipinski definition) is 0. The predicted octanol–water partition coefficient (Wildman–Crippen LogP) is 1.58. The van der Waals surface area contributed by atoms with Gasteiger partial charge in [0.2, 0.25) is 6.08 Å². The molecule has 1 aromatic heterocycles. The number of rotatable bonds is 3. The summed E-state index contributed by atoms with van der Waals surface area (Å²) in [5.74, 6) is 0.233. The van der Waals surface area contributed by atoms with Crippen LogP contribution in [0.4, 0.5) is 0 Å². The van der Waals surface area contributed by atoms with Crippen LogP contribution in [0.25, 0.3) is 0 Å². The van der Waals surface area contributed by atoms with Crippen molar-refractivity contribution in [2.75, 3.05) is 6.54 Å². The number of hydrogen-bond acceptors (Lipinski definition) is 4. The third-order valence-electron chi connectivity index (χ3n) is 1.30. The van der Waals surface area contributed by atoms with E-state index in [1.807, 2.05) is 12.3 Å². The van der Waals surface area contributed by atoms with Crippen LogP contribution in [0.2, 0.25) is 0 Å². The Bertz CT molecular complexity index is 251. The zero-order valence-electron chi connectivity index (χ0n) is 6.15. The lowest BCUT2D eigenvalue weighted by atomic mass is 10.2. The third kappa shape index (κ3) is 2.26. The van der Waals surface area contributed by atoms with E-state index in [0.717, 1.165) is 5.01 Å². The van der Waals surface area contributed by atoms with Crippen molar-refractivity contribution in [1.82, 2.24) is 4.98 Å². The number of aromatic nitrogens is 1. The molecule has 0 saturated carbocycles. The van der Waals surface area contributed by atoms with Crippen molar-refractivity contribution in [3.63, 3.8) is 0 Å². The lowest BCUT2D eigenvalue weighted by Gasteiger charge is -2.00. The molecule has 0 N–H and O–H groups in total. The Kier molecular flexibility index (Phi) is 2.95. The minimum atomic E-state index is 0.233. The zero-order valence-corrected chi connectivity index (χ0v) is 6.97. The van der Waals surface area contributed by atoms with Crippen LogP contribution in [-0.2, 0) is 4.79 Å². The molecule has 0 aliphatic rings. The molecular weight excluding hydrogens is 160 g/mol. The number of carbonyl (C=O) groups excluding carboxylic acids is 1. The topological polar surface area (TPSA) is 42.3 Å². The van der Waals surface area contributed by atoms with E-state index in [9.17, 15) is 4.79 Å². The van der Waals surface area contributed by atoms with E-state index in [1.165, 1.54) is 6.08 Å². The second-order valence-electron chi connectivity index (χ2n) is 2.20. The van der Waals surface area contributed by atoms with Gasteiger partial charge in [0.15, 0.2) is 0 Å². The van der Waals surface area contributed by atoms with E-state index in [4.69, 9.17) is 0 Å². The average molecular weight is 168 g/mol. The summed E-state index contributed by atoms with van der Waals surface area (Å²) in [6, 6.07) is 0. The normalized spacial score (nSPS) is 12.1. The molecule has 1 heterocycles. The van der Waals surface area contributed by atoms with Crippen molar-refractivity contribution in [3.8, 4) is 0 Å². The number of aliphatic imine (C=N–C) groups is 1. The smallest absolute Gasteiger partial charge is 0.234 e. The minimum absolute atomic E-state index is 0.233. The van der Waals surface area contributed by atoms with Crippen molar-refractivity contribution >= 4 is 17.4 Å². The Hall–Kier alpha value is -0.990. The van der Waals surface area contributed by atoms with E-state index < -0.39 is 0 Å². The Morgan fingerprint density at radius 1 is 1.91 bits per heavy atom. The molecule has 0 amide bonds. The Morgan fingerprint density at radius 2 is 2.73 bits per heavy atom. The first kappa shape index (κ1) is 8.11. The third-order valence-corrected chi connectivity index (χ3v) is 2.31. The molecular formula is C7H8N2OS. The SMILES string of the molecule is CC(CN=C=O)c1nccs1. The van der Waals surface area contributed by atoms with Gasteiger partial charge in [-0.15, -0.1) is 11.3 Å². The van der Waals surface area contributed by atoms with Crippen LogP contribution in [0, 0.1) is 0 Å². The van der Waals surface area contributed by atoms with Gasteiger partial charge in [0.25, 0.3) is 0 Å². The van der Waals surface area contributed by atoms with E-state index >= 15 is 0 Å². The molecule has 0 aromatic carbocycles. The molecule has 0 radical (unpaired) electrons. The van der Waals surface area contributed by atoms with E-state index in [-0.39, 0.29) is 5.92 Å². The van der Waals surface area contributed by atoms with Crippen molar-refractivity contribution in [2.45, 2.75) is 12.8 Å². The molecule has 0 saturated heterocycles. The second-order valence-corrected chi connectivity index (χ2v) is 3.13. The number of isocyanates is 1. The Morgan fingerprint density at radius 3 is 3.27 bits per heavy atom. The summed E-state index contributed by atoms with van der Waals surface area (Å²) in [5.41, 5.74) is 0. The maximum Gasteiger partial charge on any atom is 0.234 e. The van der Waals surface area contributed by atoms with Crippen molar-refractivity contribution < 1.29 is 4.79 Å². The molecule has 0 aliphatic heterocycles. The first-order valence-electron chi connectivity index (χ1n) is 3.27. The van der Waals surface area contributed by atoms with Gasteiger partial charge in [0, 0.05) is 17.5 Å². The molecule has 3 nitrogen and oxygen atoms in total. The van der Waals surface area contributed by atoms with Gasteiger partial charge < -0.3 is 0 Å². The average Bonchev–Trinajstić information content (AvgIpc) is 2.52. The number of nitrogens with zero attached hydrogens (tertiary/aromatic N) is 2. The van der Waals surface area contributed by atoms with Gasteiger partial charge >= 0.3 is 0 Å². The lowest BCUT2D eigenvalue weighted by molar-refractivity contribution is 0.561. The quantitative estimate of drug-likeness (QED) is 0.508. The van der Waals surface area contributed by atoms with Gasteiger partial charge in [0.1, 0.15) is 0 Å². The molecule has 4 heteroatoms. The summed E-state index contributed by atoms with van der Waals surface area (Å²) >= 11 is 1.58. The molecule has 0 aliphatic carbocycles. The summed E-state index contributed by atoms with van der Waals surface area (Å²) in [6.07, 6.45) is 3.26. The van der Waals surface area contributed by atoms with Crippen LogP contribution < -0.4 is 0 Å².